The van der Waals surface area contributed by atoms with E-state index in [2.05, 4.69) is 17.0 Å². The van der Waals surface area contributed by atoms with Gasteiger partial charge in [0.05, 0.1) is 0 Å². The first-order chi connectivity index (χ1) is 13.8. The zero-order valence-corrected chi connectivity index (χ0v) is 19.1. The quantitative estimate of drug-likeness (QED) is 0.567. The van der Waals surface area contributed by atoms with Gasteiger partial charge in [-0.3, -0.25) is 4.90 Å². The Labute approximate surface area is 181 Å². The number of rotatable bonds is 6. The molecule has 0 bridgehead atoms. The minimum Gasteiger partial charge on any atom is -0.444 e. The fourth-order valence-corrected chi connectivity index (χ4v) is 4.75. The number of likely N-dealkylation sites (tertiary alicyclic amines) is 1. The predicted molar refractivity (Wildman–Crippen MR) is 119 cm³/mol. The number of hydrogen-bond acceptors (Lipinski definition) is 3. The van der Waals surface area contributed by atoms with Crippen LogP contribution in [0.2, 0.25) is 5.02 Å². The minimum absolute atomic E-state index is 0.170. The average Bonchev–Trinajstić information content (AvgIpc) is 3.12. The molecule has 3 rings (SSSR count). The number of halogens is 1. The maximum atomic E-state index is 12.4. The molecule has 0 spiro atoms. The summed E-state index contributed by atoms with van der Waals surface area (Å²) in [6.07, 6.45) is 7.72. The third-order valence-corrected chi connectivity index (χ3v) is 6.27. The van der Waals surface area contributed by atoms with E-state index in [4.69, 9.17) is 16.3 Å². The van der Waals surface area contributed by atoms with Crippen LogP contribution in [0, 0.1) is 11.8 Å². The Balaban J connectivity index is 1.58. The first kappa shape index (κ1) is 22.4. The molecule has 1 unspecified atom stereocenters. The van der Waals surface area contributed by atoms with Gasteiger partial charge in [0.15, 0.2) is 0 Å². The molecule has 1 aromatic rings. The van der Waals surface area contributed by atoms with Gasteiger partial charge in [0.1, 0.15) is 5.60 Å². The molecule has 0 aromatic heterocycles. The van der Waals surface area contributed by atoms with Crippen LogP contribution in [0.15, 0.2) is 24.3 Å². The second-order valence-corrected chi connectivity index (χ2v) is 10.3. The number of hydrogen-bond donors (Lipinski definition) is 0. The minimum atomic E-state index is -0.434. The highest BCUT2D eigenvalue weighted by Crippen LogP contribution is 2.27. The highest BCUT2D eigenvalue weighted by atomic mass is 35.5. The van der Waals surface area contributed by atoms with Crippen LogP contribution in [0.3, 0.4) is 0 Å². The van der Waals surface area contributed by atoms with Gasteiger partial charge in [0.25, 0.3) is 0 Å². The molecule has 1 heterocycles. The molecule has 29 heavy (non-hydrogen) atoms. The fraction of sp³-hybridized carbons (Fsp3) is 0.708. The van der Waals surface area contributed by atoms with Gasteiger partial charge in [0, 0.05) is 37.7 Å². The molecular formula is C24H37ClN2O2. The van der Waals surface area contributed by atoms with Crippen molar-refractivity contribution in [2.75, 3.05) is 26.2 Å². The van der Waals surface area contributed by atoms with Crippen LogP contribution in [0.25, 0.3) is 0 Å². The molecule has 1 aliphatic heterocycles. The molecule has 1 saturated heterocycles. The van der Waals surface area contributed by atoms with Crippen LogP contribution in [0.5, 0.6) is 0 Å². The average molecular weight is 421 g/mol. The van der Waals surface area contributed by atoms with Crippen molar-refractivity contribution in [3.63, 3.8) is 0 Å². The number of benzene rings is 1. The van der Waals surface area contributed by atoms with E-state index in [-0.39, 0.29) is 6.09 Å². The summed E-state index contributed by atoms with van der Waals surface area (Å²) in [6.45, 7) is 10.5. The van der Waals surface area contributed by atoms with E-state index in [1.54, 1.807) is 0 Å². The SMILES string of the molecule is CC(C)(C)OC(=O)N1CCC(CN(Cc2ccc(Cl)cc2)CC2CCCCC2)C1. The Hall–Kier alpha value is -1.26. The van der Waals surface area contributed by atoms with Gasteiger partial charge in [-0.15, -0.1) is 0 Å². The van der Waals surface area contributed by atoms with Gasteiger partial charge in [0.2, 0.25) is 0 Å². The molecule has 4 nitrogen and oxygen atoms in total. The van der Waals surface area contributed by atoms with Crippen molar-refractivity contribution >= 4 is 17.7 Å². The van der Waals surface area contributed by atoms with Crippen LogP contribution in [-0.4, -0.2) is 47.7 Å². The third kappa shape index (κ3) is 7.49. The lowest BCUT2D eigenvalue weighted by molar-refractivity contribution is 0.0284. The Morgan fingerprint density at radius 1 is 1.07 bits per heavy atom. The topological polar surface area (TPSA) is 32.8 Å². The maximum absolute atomic E-state index is 12.4. The highest BCUT2D eigenvalue weighted by Gasteiger charge is 2.31. The van der Waals surface area contributed by atoms with Gasteiger partial charge in [-0.25, -0.2) is 4.79 Å². The lowest BCUT2D eigenvalue weighted by Gasteiger charge is -2.31. The van der Waals surface area contributed by atoms with Crippen molar-refractivity contribution < 1.29 is 9.53 Å². The lowest BCUT2D eigenvalue weighted by Crippen LogP contribution is -2.37. The molecule has 1 aliphatic carbocycles. The van der Waals surface area contributed by atoms with Gasteiger partial charge < -0.3 is 9.64 Å². The van der Waals surface area contributed by atoms with Crippen LogP contribution in [0.4, 0.5) is 4.79 Å². The number of carbonyl (C=O) groups is 1. The molecule has 1 saturated carbocycles. The molecule has 1 atom stereocenters. The molecule has 2 fully saturated rings. The van der Waals surface area contributed by atoms with E-state index in [1.165, 1.54) is 37.7 Å². The molecule has 2 aliphatic rings. The normalized spacial score (nSPS) is 21.0. The summed E-state index contributed by atoms with van der Waals surface area (Å²) in [5.74, 6) is 1.32. The predicted octanol–water partition coefficient (Wildman–Crippen LogP) is 5.98. The number of carbonyl (C=O) groups excluding carboxylic acids is 1. The van der Waals surface area contributed by atoms with Crippen molar-refractivity contribution in [1.29, 1.82) is 0 Å². The van der Waals surface area contributed by atoms with Crippen molar-refractivity contribution in [1.82, 2.24) is 9.80 Å². The standard InChI is InChI=1S/C24H37ClN2O2/c1-24(2,3)29-23(28)27-14-13-21(18-27)17-26(15-19-7-5-4-6-8-19)16-20-9-11-22(25)12-10-20/h9-12,19,21H,4-8,13-18H2,1-3H3. The maximum Gasteiger partial charge on any atom is 0.410 e. The number of nitrogens with zero attached hydrogens (tertiary/aromatic N) is 2. The Morgan fingerprint density at radius 2 is 1.72 bits per heavy atom. The molecule has 5 heteroatoms. The lowest BCUT2D eigenvalue weighted by atomic mass is 9.88. The molecule has 162 valence electrons. The Kier molecular flexibility index (Phi) is 7.86. The first-order valence-electron chi connectivity index (χ1n) is 11.2. The van der Waals surface area contributed by atoms with E-state index < -0.39 is 5.60 Å². The Bertz CT molecular complexity index is 650. The van der Waals surface area contributed by atoms with Gasteiger partial charge in [-0.1, -0.05) is 43.0 Å². The van der Waals surface area contributed by atoms with E-state index in [1.807, 2.05) is 37.8 Å². The summed E-state index contributed by atoms with van der Waals surface area (Å²) >= 11 is 6.07. The Morgan fingerprint density at radius 3 is 2.38 bits per heavy atom. The van der Waals surface area contributed by atoms with Gasteiger partial charge in [-0.2, -0.15) is 0 Å². The van der Waals surface area contributed by atoms with Crippen molar-refractivity contribution in [2.24, 2.45) is 11.8 Å². The molecule has 1 aromatic carbocycles. The highest BCUT2D eigenvalue weighted by molar-refractivity contribution is 6.30. The second-order valence-electron chi connectivity index (χ2n) is 9.91. The summed E-state index contributed by atoms with van der Waals surface area (Å²) in [5, 5.41) is 0.788. The first-order valence-corrected chi connectivity index (χ1v) is 11.6. The van der Waals surface area contributed by atoms with E-state index in [0.717, 1.165) is 50.1 Å². The van der Waals surface area contributed by atoms with E-state index in [9.17, 15) is 4.79 Å². The van der Waals surface area contributed by atoms with Crippen LogP contribution in [-0.2, 0) is 11.3 Å². The van der Waals surface area contributed by atoms with E-state index in [0.29, 0.717) is 5.92 Å². The molecule has 0 N–H and O–H groups in total. The summed E-state index contributed by atoms with van der Waals surface area (Å²) < 4.78 is 5.56. The summed E-state index contributed by atoms with van der Waals surface area (Å²) in [6, 6.07) is 8.24. The summed E-state index contributed by atoms with van der Waals surface area (Å²) in [5.41, 5.74) is 0.878. The molecular weight excluding hydrogens is 384 g/mol. The zero-order chi connectivity index (χ0) is 20.9. The summed E-state index contributed by atoms with van der Waals surface area (Å²) in [7, 11) is 0. The van der Waals surface area contributed by atoms with E-state index >= 15 is 0 Å². The van der Waals surface area contributed by atoms with Crippen molar-refractivity contribution in [2.45, 2.75) is 71.4 Å². The second kappa shape index (κ2) is 10.2. The fourth-order valence-electron chi connectivity index (χ4n) is 4.63. The smallest absolute Gasteiger partial charge is 0.410 e. The monoisotopic (exact) mass is 420 g/mol. The van der Waals surface area contributed by atoms with Crippen LogP contribution >= 0.6 is 11.6 Å². The molecule has 0 radical (unpaired) electrons. The largest absolute Gasteiger partial charge is 0.444 e. The summed E-state index contributed by atoms with van der Waals surface area (Å²) in [4.78, 5) is 16.9. The van der Waals surface area contributed by atoms with Gasteiger partial charge >= 0.3 is 6.09 Å². The number of ether oxygens (including phenoxy) is 1. The van der Waals surface area contributed by atoms with Crippen LogP contribution in [0.1, 0.15) is 64.9 Å². The zero-order valence-electron chi connectivity index (χ0n) is 18.3. The third-order valence-electron chi connectivity index (χ3n) is 6.01. The number of amides is 1. The molecule has 1 amide bonds. The van der Waals surface area contributed by atoms with Crippen molar-refractivity contribution in [3.8, 4) is 0 Å². The van der Waals surface area contributed by atoms with Crippen molar-refractivity contribution in [3.05, 3.63) is 34.9 Å². The van der Waals surface area contributed by atoms with Gasteiger partial charge in [-0.05, 0) is 69.6 Å². The van der Waals surface area contributed by atoms with Crippen LogP contribution < -0.4 is 0 Å².